The second-order valence-corrected chi connectivity index (χ2v) is 6.87. The molecule has 0 fully saturated rings. The highest BCUT2D eigenvalue weighted by Gasteiger charge is 2.20. The normalized spacial score (nSPS) is 11.4. The molecular formula is C22H30N4O3. The molecule has 0 bridgehead atoms. The van der Waals surface area contributed by atoms with Crippen LogP contribution in [0.4, 0.5) is 10.5 Å². The first-order valence-corrected chi connectivity index (χ1v) is 9.76. The van der Waals surface area contributed by atoms with Gasteiger partial charge >= 0.3 is 6.03 Å². The van der Waals surface area contributed by atoms with Gasteiger partial charge in [0.2, 0.25) is 5.91 Å². The fourth-order valence-corrected chi connectivity index (χ4v) is 2.76. The summed E-state index contributed by atoms with van der Waals surface area (Å²) >= 11 is 0. The number of aryl methyl sites for hydroxylation is 1. The summed E-state index contributed by atoms with van der Waals surface area (Å²) in [4.78, 5) is 25.0. The Morgan fingerprint density at radius 1 is 1.03 bits per heavy atom. The number of unbranched alkanes of at least 4 members (excludes halogenated alkanes) is 1. The van der Waals surface area contributed by atoms with Gasteiger partial charge in [0.25, 0.3) is 0 Å². The number of nitrogens with two attached hydrogens (primary N) is 1. The number of carbonyl (C=O) groups excluding carboxylic acids is 2. The smallest absolute Gasteiger partial charge is 0.315 e. The van der Waals surface area contributed by atoms with E-state index in [1.807, 2.05) is 55.5 Å². The highest BCUT2D eigenvalue weighted by atomic mass is 16.5. The second kappa shape index (κ2) is 11.7. The van der Waals surface area contributed by atoms with Crippen LogP contribution in [0.1, 0.15) is 30.4 Å². The Balaban J connectivity index is 1.91. The van der Waals surface area contributed by atoms with Crippen molar-refractivity contribution in [2.24, 2.45) is 5.73 Å². The lowest BCUT2D eigenvalue weighted by Crippen LogP contribution is -2.47. The van der Waals surface area contributed by atoms with Gasteiger partial charge in [0.1, 0.15) is 11.8 Å². The minimum atomic E-state index is -0.640. The van der Waals surface area contributed by atoms with E-state index in [2.05, 4.69) is 16.0 Å². The molecule has 3 amide bonds. The van der Waals surface area contributed by atoms with Gasteiger partial charge in [0, 0.05) is 12.2 Å². The van der Waals surface area contributed by atoms with E-state index in [9.17, 15) is 9.59 Å². The first kappa shape index (κ1) is 22.2. The molecule has 0 spiro atoms. The topological polar surface area (TPSA) is 105 Å². The standard InChI is InChI=1S/C22H30N4O3/c1-16-6-10-18(11-7-16)25-21(27)20(5-3-4-14-23)26-22(28)24-15-17-8-12-19(29-2)13-9-17/h6-13,20H,3-5,14-15,23H2,1-2H3,(H,25,27)(H2,24,26,28)/t20-/m0/s1. The number of ether oxygens (including phenoxy) is 1. The minimum Gasteiger partial charge on any atom is -0.497 e. The predicted molar refractivity (Wildman–Crippen MR) is 115 cm³/mol. The SMILES string of the molecule is COc1ccc(CNC(=O)N[C@@H](CCCCN)C(=O)Nc2ccc(C)cc2)cc1. The number of benzene rings is 2. The Hall–Kier alpha value is -3.06. The van der Waals surface area contributed by atoms with E-state index in [4.69, 9.17) is 10.5 Å². The molecule has 2 rings (SSSR count). The van der Waals surface area contributed by atoms with Crippen LogP contribution in [-0.2, 0) is 11.3 Å². The number of hydrogen-bond acceptors (Lipinski definition) is 4. The summed E-state index contributed by atoms with van der Waals surface area (Å²) in [7, 11) is 1.60. The van der Waals surface area contributed by atoms with E-state index >= 15 is 0 Å². The molecule has 2 aromatic carbocycles. The molecule has 0 aliphatic rings. The lowest BCUT2D eigenvalue weighted by atomic mass is 10.1. The van der Waals surface area contributed by atoms with Crippen molar-refractivity contribution < 1.29 is 14.3 Å². The molecule has 1 atom stereocenters. The lowest BCUT2D eigenvalue weighted by Gasteiger charge is -2.19. The molecule has 2 aromatic rings. The number of hydrogen-bond donors (Lipinski definition) is 4. The molecule has 0 aromatic heterocycles. The maximum atomic E-state index is 12.7. The van der Waals surface area contributed by atoms with Gasteiger partial charge in [-0.25, -0.2) is 4.79 Å². The second-order valence-electron chi connectivity index (χ2n) is 6.87. The molecule has 0 aliphatic carbocycles. The maximum absolute atomic E-state index is 12.7. The highest BCUT2D eigenvalue weighted by Crippen LogP contribution is 2.12. The first-order chi connectivity index (χ1) is 14.0. The molecule has 7 heteroatoms. The Bertz CT molecular complexity index is 776. The third-order valence-corrected chi connectivity index (χ3v) is 4.50. The summed E-state index contributed by atoms with van der Waals surface area (Å²) in [5.74, 6) is 0.511. The summed E-state index contributed by atoms with van der Waals surface area (Å²) in [5, 5.41) is 8.42. The Morgan fingerprint density at radius 2 is 1.72 bits per heavy atom. The van der Waals surface area contributed by atoms with Crippen molar-refractivity contribution in [3.63, 3.8) is 0 Å². The molecule has 0 saturated heterocycles. The molecule has 5 N–H and O–H groups in total. The van der Waals surface area contributed by atoms with Gasteiger partial charge < -0.3 is 26.4 Å². The van der Waals surface area contributed by atoms with Crippen LogP contribution in [-0.4, -0.2) is 31.6 Å². The highest BCUT2D eigenvalue weighted by molar-refractivity contribution is 5.97. The number of nitrogens with one attached hydrogen (secondary N) is 3. The van der Waals surface area contributed by atoms with Crippen molar-refractivity contribution in [2.45, 2.75) is 38.8 Å². The van der Waals surface area contributed by atoms with Crippen LogP contribution in [0.2, 0.25) is 0 Å². The Labute approximate surface area is 172 Å². The van der Waals surface area contributed by atoms with E-state index in [-0.39, 0.29) is 5.91 Å². The number of methoxy groups -OCH3 is 1. The first-order valence-electron chi connectivity index (χ1n) is 9.76. The summed E-state index contributed by atoms with van der Waals surface area (Å²) < 4.78 is 5.12. The summed E-state index contributed by atoms with van der Waals surface area (Å²) in [6, 6.07) is 13.9. The zero-order valence-electron chi connectivity index (χ0n) is 17.0. The van der Waals surface area contributed by atoms with E-state index < -0.39 is 12.1 Å². The Morgan fingerprint density at radius 3 is 2.34 bits per heavy atom. The van der Waals surface area contributed by atoms with Crippen LogP contribution in [0, 0.1) is 6.92 Å². The van der Waals surface area contributed by atoms with E-state index in [1.54, 1.807) is 7.11 Å². The average Bonchev–Trinajstić information content (AvgIpc) is 2.73. The van der Waals surface area contributed by atoms with Crippen LogP contribution in [0.15, 0.2) is 48.5 Å². The predicted octanol–water partition coefficient (Wildman–Crippen LogP) is 2.94. The largest absolute Gasteiger partial charge is 0.497 e. The third kappa shape index (κ3) is 7.83. The molecule has 156 valence electrons. The van der Waals surface area contributed by atoms with Gasteiger partial charge in [-0.3, -0.25) is 4.79 Å². The number of amides is 3. The van der Waals surface area contributed by atoms with Crippen LogP contribution >= 0.6 is 0 Å². The summed E-state index contributed by atoms with van der Waals surface area (Å²) in [5.41, 5.74) is 8.30. The van der Waals surface area contributed by atoms with Crippen molar-refractivity contribution in [1.29, 1.82) is 0 Å². The zero-order valence-corrected chi connectivity index (χ0v) is 17.0. The van der Waals surface area contributed by atoms with Crippen molar-refractivity contribution in [3.8, 4) is 5.75 Å². The summed E-state index contributed by atoms with van der Waals surface area (Å²) in [6.07, 6.45) is 2.07. The lowest BCUT2D eigenvalue weighted by molar-refractivity contribution is -0.118. The van der Waals surface area contributed by atoms with Crippen molar-refractivity contribution >= 4 is 17.6 Å². The van der Waals surface area contributed by atoms with Gasteiger partial charge in [-0.05, 0) is 62.6 Å². The van der Waals surface area contributed by atoms with Gasteiger partial charge in [0.05, 0.1) is 7.11 Å². The fourth-order valence-electron chi connectivity index (χ4n) is 2.76. The molecule has 7 nitrogen and oxygen atoms in total. The van der Waals surface area contributed by atoms with Gasteiger partial charge in [-0.1, -0.05) is 29.8 Å². The van der Waals surface area contributed by atoms with E-state index in [1.165, 1.54) is 0 Å². The minimum absolute atomic E-state index is 0.245. The van der Waals surface area contributed by atoms with Gasteiger partial charge in [0.15, 0.2) is 0 Å². The van der Waals surface area contributed by atoms with E-state index in [0.717, 1.165) is 29.7 Å². The quantitative estimate of drug-likeness (QED) is 0.462. The van der Waals surface area contributed by atoms with Gasteiger partial charge in [-0.15, -0.1) is 0 Å². The maximum Gasteiger partial charge on any atom is 0.315 e. The fraction of sp³-hybridized carbons (Fsp3) is 0.364. The van der Waals surface area contributed by atoms with Crippen molar-refractivity contribution in [1.82, 2.24) is 10.6 Å². The average molecular weight is 399 g/mol. The number of urea groups is 1. The zero-order chi connectivity index (χ0) is 21.1. The molecule has 0 radical (unpaired) electrons. The van der Waals surface area contributed by atoms with Crippen LogP contribution in [0.3, 0.4) is 0 Å². The van der Waals surface area contributed by atoms with Crippen molar-refractivity contribution in [3.05, 3.63) is 59.7 Å². The number of carbonyl (C=O) groups is 2. The molecule has 0 unspecified atom stereocenters. The van der Waals surface area contributed by atoms with Crippen molar-refractivity contribution in [2.75, 3.05) is 19.0 Å². The van der Waals surface area contributed by atoms with E-state index in [0.29, 0.717) is 25.2 Å². The molecule has 0 saturated carbocycles. The third-order valence-electron chi connectivity index (χ3n) is 4.50. The molecule has 0 aliphatic heterocycles. The van der Waals surface area contributed by atoms with Gasteiger partial charge in [-0.2, -0.15) is 0 Å². The molecular weight excluding hydrogens is 368 g/mol. The monoisotopic (exact) mass is 398 g/mol. The molecule has 29 heavy (non-hydrogen) atoms. The number of anilines is 1. The molecule has 0 heterocycles. The van der Waals surface area contributed by atoms with Crippen LogP contribution in [0.25, 0.3) is 0 Å². The Kier molecular flexibility index (Phi) is 8.98. The number of rotatable bonds is 10. The summed E-state index contributed by atoms with van der Waals surface area (Å²) in [6.45, 7) is 2.89. The van der Waals surface area contributed by atoms with Crippen LogP contribution in [0.5, 0.6) is 5.75 Å². The van der Waals surface area contributed by atoms with Crippen LogP contribution < -0.4 is 26.4 Å².